The zero-order valence-electron chi connectivity index (χ0n) is 11.1. The Bertz CT molecular complexity index is 419. The first-order chi connectivity index (χ1) is 8.24. The Morgan fingerprint density at radius 2 is 2.22 bits per heavy atom. The van der Waals surface area contributed by atoms with E-state index in [1.165, 1.54) is 0 Å². The third-order valence-corrected chi connectivity index (χ3v) is 3.36. The predicted molar refractivity (Wildman–Crippen MR) is 78.6 cm³/mol. The van der Waals surface area contributed by atoms with Gasteiger partial charge in [0, 0.05) is 12.2 Å². The summed E-state index contributed by atoms with van der Waals surface area (Å²) < 4.78 is 2.86. The summed E-state index contributed by atoms with van der Waals surface area (Å²) in [6.07, 6.45) is 4.17. The van der Waals surface area contributed by atoms with Crippen molar-refractivity contribution in [3.05, 3.63) is 16.0 Å². The minimum absolute atomic E-state index is 0.0286. The molecule has 1 aromatic rings. The minimum atomic E-state index is -0.940. The molecule has 0 aliphatic rings. The summed E-state index contributed by atoms with van der Waals surface area (Å²) in [4.78, 5) is 11.4. The molecule has 102 valence electrons. The average Bonchev–Trinajstić information content (AvgIpc) is 2.63. The lowest BCUT2D eigenvalue weighted by atomic mass is 9.93. The van der Waals surface area contributed by atoms with Gasteiger partial charge in [0.05, 0.1) is 15.8 Å². The standard InChI is InChI=1S/C12H20IN3O2/c1-8(2)15-12(4,11(17)18)5-9(3)16-7-10(13)6-14-16/h6-9,15H,5H2,1-4H3,(H,17,18). The van der Waals surface area contributed by atoms with Gasteiger partial charge in [-0.2, -0.15) is 5.10 Å². The molecule has 5 nitrogen and oxygen atoms in total. The van der Waals surface area contributed by atoms with Crippen LogP contribution in [0.2, 0.25) is 0 Å². The summed E-state index contributed by atoms with van der Waals surface area (Å²) >= 11 is 2.19. The minimum Gasteiger partial charge on any atom is -0.480 e. The zero-order valence-corrected chi connectivity index (χ0v) is 13.3. The molecule has 0 fully saturated rings. The number of aromatic nitrogens is 2. The smallest absolute Gasteiger partial charge is 0.323 e. The highest BCUT2D eigenvalue weighted by molar-refractivity contribution is 14.1. The van der Waals surface area contributed by atoms with Crippen molar-refractivity contribution in [2.75, 3.05) is 0 Å². The van der Waals surface area contributed by atoms with Gasteiger partial charge in [-0.15, -0.1) is 0 Å². The fourth-order valence-electron chi connectivity index (χ4n) is 2.09. The van der Waals surface area contributed by atoms with Crippen molar-refractivity contribution in [3.63, 3.8) is 0 Å². The van der Waals surface area contributed by atoms with Crippen LogP contribution in [-0.4, -0.2) is 32.4 Å². The van der Waals surface area contributed by atoms with E-state index in [1.54, 1.807) is 13.1 Å². The Morgan fingerprint density at radius 3 is 2.61 bits per heavy atom. The summed E-state index contributed by atoms with van der Waals surface area (Å²) in [5, 5.41) is 16.7. The molecule has 1 heterocycles. The summed E-state index contributed by atoms with van der Waals surface area (Å²) in [7, 11) is 0. The Kier molecular flexibility index (Phi) is 5.15. The van der Waals surface area contributed by atoms with E-state index in [9.17, 15) is 9.90 Å². The first-order valence-electron chi connectivity index (χ1n) is 5.95. The van der Waals surface area contributed by atoms with Crippen molar-refractivity contribution in [1.29, 1.82) is 0 Å². The lowest BCUT2D eigenvalue weighted by molar-refractivity contribution is -0.145. The van der Waals surface area contributed by atoms with E-state index in [2.05, 4.69) is 33.0 Å². The molecule has 18 heavy (non-hydrogen) atoms. The van der Waals surface area contributed by atoms with Gasteiger partial charge in [0.2, 0.25) is 0 Å². The number of carboxylic acids is 1. The predicted octanol–water partition coefficient (Wildman–Crippen LogP) is 2.28. The number of halogens is 1. The zero-order chi connectivity index (χ0) is 13.9. The van der Waals surface area contributed by atoms with E-state index < -0.39 is 11.5 Å². The third-order valence-electron chi connectivity index (χ3n) is 2.80. The Labute approximate surface area is 121 Å². The molecule has 1 aromatic heterocycles. The van der Waals surface area contributed by atoms with Gasteiger partial charge in [0.1, 0.15) is 5.54 Å². The number of carboxylic acid groups (broad SMARTS) is 1. The molecule has 0 spiro atoms. The Morgan fingerprint density at radius 1 is 1.61 bits per heavy atom. The second-order valence-electron chi connectivity index (χ2n) is 5.13. The van der Waals surface area contributed by atoms with E-state index in [4.69, 9.17) is 0 Å². The molecule has 0 saturated heterocycles. The SMILES string of the molecule is CC(C)NC(C)(CC(C)n1cc(I)cn1)C(=O)O. The maximum atomic E-state index is 11.4. The maximum Gasteiger partial charge on any atom is 0.323 e. The molecule has 1 rings (SSSR count). The van der Waals surface area contributed by atoms with E-state index in [1.807, 2.05) is 31.6 Å². The van der Waals surface area contributed by atoms with Gasteiger partial charge < -0.3 is 5.11 Å². The number of rotatable bonds is 6. The largest absolute Gasteiger partial charge is 0.480 e. The molecule has 0 aliphatic carbocycles. The van der Waals surface area contributed by atoms with Crippen LogP contribution < -0.4 is 5.32 Å². The molecule has 0 aliphatic heterocycles. The van der Waals surface area contributed by atoms with Crippen LogP contribution in [0.25, 0.3) is 0 Å². The van der Waals surface area contributed by atoms with Crippen molar-refractivity contribution < 1.29 is 9.90 Å². The van der Waals surface area contributed by atoms with Crippen molar-refractivity contribution in [2.45, 2.75) is 51.7 Å². The van der Waals surface area contributed by atoms with Gasteiger partial charge in [-0.25, -0.2) is 0 Å². The van der Waals surface area contributed by atoms with E-state index >= 15 is 0 Å². The number of carbonyl (C=O) groups is 1. The quantitative estimate of drug-likeness (QED) is 0.760. The summed E-state index contributed by atoms with van der Waals surface area (Å²) in [5.41, 5.74) is -0.940. The van der Waals surface area contributed by atoms with Crippen molar-refractivity contribution in [2.24, 2.45) is 0 Å². The first-order valence-corrected chi connectivity index (χ1v) is 7.03. The summed E-state index contributed by atoms with van der Waals surface area (Å²) in [5.74, 6) is -0.829. The molecular weight excluding hydrogens is 345 g/mol. The van der Waals surface area contributed by atoms with Gasteiger partial charge >= 0.3 is 5.97 Å². The maximum absolute atomic E-state index is 11.4. The molecule has 0 bridgehead atoms. The fraction of sp³-hybridized carbons (Fsp3) is 0.667. The molecule has 2 N–H and O–H groups in total. The van der Waals surface area contributed by atoms with Crippen LogP contribution in [0.3, 0.4) is 0 Å². The van der Waals surface area contributed by atoms with E-state index in [0.29, 0.717) is 6.42 Å². The molecule has 0 saturated carbocycles. The normalized spacial score (nSPS) is 16.6. The second-order valence-corrected chi connectivity index (χ2v) is 6.37. The number of nitrogens with zero attached hydrogens (tertiary/aromatic N) is 2. The van der Waals surface area contributed by atoms with Crippen molar-refractivity contribution in [1.82, 2.24) is 15.1 Å². The van der Waals surface area contributed by atoms with Crippen LogP contribution in [0.5, 0.6) is 0 Å². The van der Waals surface area contributed by atoms with Crippen LogP contribution in [0, 0.1) is 3.57 Å². The van der Waals surface area contributed by atoms with Gasteiger partial charge in [-0.3, -0.25) is 14.8 Å². The van der Waals surface area contributed by atoms with Gasteiger partial charge in [-0.1, -0.05) is 0 Å². The molecule has 0 radical (unpaired) electrons. The summed E-state index contributed by atoms with van der Waals surface area (Å²) in [6, 6.07) is 0.150. The third kappa shape index (κ3) is 3.94. The number of hydrogen-bond acceptors (Lipinski definition) is 3. The van der Waals surface area contributed by atoms with E-state index in [0.717, 1.165) is 3.57 Å². The first kappa shape index (κ1) is 15.4. The average molecular weight is 365 g/mol. The molecule has 0 aromatic carbocycles. The fourth-order valence-corrected chi connectivity index (χ4v) is 2.50. The van der Waals surface area contributed by atoms with Crippen molar-refractivity contribution >= 4 is 28.6 Å². The van der Waals surface area contributed by atoms with Gasteiger partial charge in [0.15, 0.2) is 0 Å². The highest BCUT2D eigenvalue weighted by Gasteiger charge is 2.35. The lowest BCUT2D eigenvalue weighted by Gasteiger charge is -2.31. The lowest BCUT2D eigenvalue weighted by Crippen LogP contribution is -2.53. The topological polar surface area (TPSA) is 67.2 Å². The molecule has 6 heteroatoms. The highest BCUT2D eigenvalue weighted by Crippen LogP contribution is 2.22. The number of aliphatic carboxylic acids is 1. The molecule has 2 atom stereocenters. The molecule has 0 amide bonds. The van der Waals surface area contributed by atoms with Crippen LogP contribution in [-0.2, 0) is 4.79 Å². The van der Waals surface area contributed by atoms with Gasteiger partial charge in [-0.05, 0) is 56.7 Å². The van der Waals surface area contributed by atoms with E-state index in [-0.39, 0.29) is 12.1 Å². The van der Waals surface area contributed by atoms with Gasteiger partial charge in [0.25, 0.3) is 0 Å². The van der Waals surface area contributed by atoms with Crippen LogP contribution in [0.4, 0.5) is 0 Å². The highest BCUT2D eigenvalue weighted by atomic mass is 127. The van der Waals surface area contributed by atoms with Crippen molar-refractivity contribution in [3.8, 4) is 0 Å². The molecular formula is C12H20IN3O2. The second kappa shape index (κ2) is 6.01. The Hall–Kier alpha value is -0.630. The number of hydrogen-bond donors (Lipinski definition) is 2. The molecule has 2 unspecified atom stereocenters. The monoisotopic (exact) mass is 365 g/mol. The van der Waals surface area contributed by atoms with Crippen LogP contribution in [0.15, 0.2) is 12.4 Å². The summed E-state index contributed by atoms with van der Waals surface area (Å²) in [6.45, 7) is 7.60. The number of nitrogens with one attached hydrogen (secondary N) is 1. The van der Waals surface area contributed by atoms with Crippen LogP contribution >= 0.6 is 22.6 Å². The van der Waals surface area contributed by atoms with Crippen LogP contribution in [0.1, 0.15) is 40.2 Å². The Balaban J connectivity index is 2.81.